The average Bonchev–Trinajstić information content (AvgIpc) is 3.04. The van der Waals surface area contributed by atoms with Gasteiger partial charge >= 0.3 is 0 Å². The Hall–Kier alpha value is -1.72. The quantitative estimate of drug-likeness (QED) is 0.830. The van der Waals surface area contributed by atoms with Crippen LogP contribution in [0.15, 0.2) is 30.0 Å². The maximum absolute atomic E-state index is 5.56. The van der Waals surface area contributed by atoms with E-state index in [1.54, 1.807) is 14.2 Å². The molecule has 2 aliphatic heterocycles. The molecule has 1 aromatic carbocycles. The Balaban J connectivity index is 1.98. The van der Waals surface area contributed by atoms with E-state index >= 15 is 0 Å². The van der Waals surface area contributed by atoms with Gasteiger partial charge < -0.3 is 14.9 Å². The fraction of sp³-hybridized carbons (Fsp3) is 0.636. The highest BCUT2D eigenvalue weighted by Crippen LogP contribution is 2.42. The minimum Gasteiger partial charge on any atom is -0.493 e. The first-order valence-corrected chi connectivity index (χ1v) is 9.80. The highest BCUT2D eigenvalue weighted by Gasteiger charge is 2.43. The van der Waals surface area contributed by atoms with E-state index in [4.69, 9.17) is 9.47 Å². The number of ether oxygens (including phenoxy) is 2. The monoisotopic (exact) mass is 373 g/mol. The van der Waals surface area contributed by atoms with E-state index in [0.29, 0.717) is 6.04 Å². The molecular formula is C22H35N3O2. The zero-order chi connectivity index (χ0) is 20.0. The summed E-state index contributed by atoms with van der Waals surface area (Å²) >= 11 is 0. The molecule has 0 bridgehead atoms. The van der Waals surface area contributed by atoms with Crippen LogP contribution >= 0.6 is 0 Å². The third kappa shape index (κ3) is 3.94. The van der Waals surface area contributed by atoms with Gasteiger partial charge in [-0.05, 0) is 35.6 Å². The van der Waals surface area contributed by atoms with E-state index < -0.39 is 0 Å². The van der Waals surface area contributed by atoms with Crippen molar-refractivity contribution in [1.29, 1.82) is 0 Å². The van der Waals surface area contributed by atoms with Crippen LogP contribution in [0, 0.1) is 10.8 Å². The molecule has 150 valence electrons. The first-order valence-electron chi connectivity index (χ1n) is 9.80. The lowest BCUT2D eigenvalue weighted by Crippen LogP contribution is -2.60. The Kier molecular flexibility index (Phi) is 5.21. The lowest BCUT2D eigenvalue weighted by molar-refractivity contribution is 0.0176. The topological polar surface area (TPSA) is 45.8 Å². The van der Waals surface area contributed by atoms with Gasteiger partial charge in [0.1, 0.15) is 0 Å². The molecule has 3 rings (SSSR count). The molecule has 27 heavy (non-hydrogen) atoms. The molecule has 0 aromatic heterocycles. The Morgan fingerprint density at radius 1 is 1.00 bits per heavy atom. The van der Waals surface area contributed by atoms with Crippen molar-refractivity contribution in [1.82, 2.24) is 15.8 Å². The highest BCUT2D eigenvalue weighted by molar-refractivity contribution is 5.44. The number of allylic oxidation sites excluding steroid dienone is 1. The van der Waals surface area contributed by atoms with E-state index in [2.05, 4.69) is 75.5 Å². The number of nitrogens with one attached hydrogen (secondary N) is 2. The smallest absolute Gasteiger partial charge is 0.161 e. The Labute approximate surface area is 164 Å². The first-order chi connectivity index (χ1) is 12.5. The number of nitrogens with zero attached hydrogens (tertiary/aromatic N) is 1. The van der Waals surface area contributed by atoms with Crippen molar-refractivity contribution in [2.24, 2.45) is 10.8 Å². The number of hydrogen-bond donors (Lipinski definition) is 2. The van der Waals surface area contributed by atoms with Gasteiger partial charge in [0, 0.05) is 17.2 Å². The average molecular weight is 374 g/mol. The fourth-order valence-corrected chi connectivity index (χ4v) is 3.87. The third-order valence-corrected chi connectivity index (χ3v) is 5.69. The zero-order valence-corrected chi connectivity index (χ0v) is 18.0. The number of benzene rings is 1. The summed E-state index contributed by atoms with van der Waals surface area (Å²) in [6.07, 6.45) is 3.54. The Morgan fingerprint density at radius 2 is 1.67 bits per heavy atom. The largest absolute Gasteiger partial charge is 0.493 e. The standard InChI is InChI=1S/C22H35N3O2/c1-21(2,3)18-12-15(14-9-10-16(26-7)17(11-14)27-8)25-20(23-18)13-19(24-25)22(4,5)6/h9-11,13,15,18,20,23-24H,12H2,1-8H3. The van der Waals surface area contributed by atoms with Crippen LogP contribution in [0.5, 0.6) is 11.5 Å². The van der Waals surface area contributed by atoms with Crippen LogP contribution in [-0.4, -0.2) is 31.4 Å². The second-order valence-electron chi connectivity index (χ2n) is 9.75. The molecule has 1 saturated heterocycles. The number of hydrazine groups is 1. The predicted octanol–water partition coefficient (Wildman–Crippen LogP) is 4.23. The maximum atomic E-state index is 5.56. The van der Waals surface area contributed by atoms with Gasteiger partial charge in [0.05, 0.1) is 26.4 Å². The second-order valence-corrected chi connectivity index (χ2v) is 9.75. The van der Waals surface area contributed by atoms with Crippen LogP contribution in [0.25, 0.3) is 0 Å². The van der Waals surface area contributed by atoms with Crippen molar-refractivity contribution in [3.8, 4) is 11.5 Å². The van der Waals surface area contributed by atoms with E-state index in [-0.39, 0.29) is 23.0 Å². The van der Waals surface area contributed by atoms with Gasteiger partial charge in [-0.25, -0.2) is 0 Å². The van der Waals surface area contributed by atoms with E-state index in [9.17, 15) is 0 Å². The summed E-state index contributed by atoms with van der Waals surface area (Å²) < 4.78 is 11.0. The molecule has 0 saturated carbocycles. The Morgan fingerprint density at radius 3 is 2.22 bits per heavy atom. The van der Waals surface area contributed by atoms with Crippen molar-refractivity contribution < 1.29 is 9.47 Å². The molecule has 0 radical (unpaired) electrons. The molecule has 2 N–H and O–H groups in total. The highest BCUT2D eigenvalue weighted by atomic mass is 16.5. The summed E-state index contributed by atoms with van der Waals surface area (Å²) in [5.41, 5.74) is 6.45. The first kappa shape index (κ1) is 20.0. The van der Waals surface area contributed by atoms with Crippen LogP contribution in [0.4, 0.5) is 0 Å². The predicted molar refractivity (Wildman–Crippen MR) is 110 cm³/mol. The lowest BCUT2D eigenvalue weighted by Gasteiger charge is -2.47. The molecule has 3 atom stereocenters. The molecule has 1 aromatic rings. The van der Waals surface area contributed by atoms with Crippen molar-refractivity contribution in [2.45, 2.75) is 66.2 Å². The van der Waals surface area contributed by atoms with Crippen molar-refractivity contribution in [2.75, 3.05) is 14.2 Å². The van der Waals surface area contributed by atoms with Gasteiger partial charge in [0.25, 0.3) is 0 Å². The van der Waals surface area contributed by atoms with E-state index in [1.165, 1.54) is 11.3 Å². The SMILES string of the molecule is COc1ccc(C2CC(C(C)(C)C)NC3C=C(C(C)(C)C)NN32)cc1OC. The molecule has 1 fully saturated rings. The molecule has 0 aliphatic carbocycles. The summed E-state index contributed by atoms with van der Waals surface area (Å²) in [6, 6.07) is 6.93. The van der Waals surface area contributed by atoms with Crippen molar-refractivity contribution in [3.05, 3.63) is 35.5 Å². The zero-order valence-electron chi connectivity index (χ0n) is 18.0. The second kappa shape index (κ2) is 7.02. The molecule has 5 nitrogen and oxygen atoms in total. The van der Waals surface area contributed by atoms with Gasteiger partial charge in [0.15, 0.2) is 11.5 Å². The minimum atomic E-state index is 0.0817. The molecular weight excluding hydrogens is 338 g/mol. The Bertz CT molecular complexity index is 715. The number of methoxy groups -OCH3 is 2. The van der Waals surface area contributed by atoms with Gasteiger partial charge in [-0.3, -0.25) is 5.32 Å². The van der Waals surface area contributed by atoms with Crippen LogP contribution in [0.1, 0.15) is 59.6 Å². The van der Waals surface area contributed by atoms with Gasteiger partial charge in [0.2, 0.25) is 0 Å². The molecule has 2 aliphatic rings. The summed E-state index contributed by atoms with van der Waals surface area (Å²) in [4.78, 5) is 0. The van der Waals surface area contributed by atoms with Crippen molar-refractivity contribution in [3.63, 3.8) is 0 Å². The minimum absolute atomic E-state index is 0.0817. The number of hydrogen-bond acceptors (Lipinski definition) is 5. The molecule has 3 unspecified atom stereocenters. The summed E-state index contributed by atoms with van der Waals surface area (Å²) in [5.74, 6) is 1.54. The van der Waals surface area contributed by atoms with Gasteiger partial charge in [-0.15, -0.1) is 0 Å². The van der Waals surface area contributed by atoms with Gasteiger partial charge in [-0.2, -0.15) is 5.01 Å². The molecule has 0 amide bonds. The molecule has 2 heterocycles. The summed E-state index contributed by atoms with van der Waals surface area (Å²) in [7, 11) is 3.37. The molecule has 5 heteroatoms. The maximum Gasteiger partial charge on any atom is 0.161 e. The fourth-order valence-electron chi connectivity index (χ4n) is 3.87. The summed E-state index contributed by atoms with van der Waals surface area (Å²) in [6.45, 7) is 13.7. The van der Waals surface area contributed by atoms with Crippen LogP contribution in [0.3, 0.4) is 0 Å². The number of rotatable bonds is 3. The third-order valence-electron chi connectivity index (χ3n) is 5.69. The summed E-state index contributed by atoms with van der Waals surface area (Å²) in [5, 5.41) is 6.19. The normalized spacial score (nSPS) is 26.2. The molecule has 0 spiro atoms. The number of fused-ring (bicyclic) bond motifs is 1. The van der Waals surface area contributed by atoms with E-state index in [0.717, 1.165) is 17.9 Å². The van der Waals surface area contributed by atoms with Crippen LogP contribution in [-0.2, 0) is 0 Å². The lowest BCUT2D eigenvalue weighted by atomic mass is 9.80. The van der Waals surface area contributed by atoms with Crippen LogP contribution in [0.2, 0.25) is 0 Å². The van der Waals surface area contributed by atoms with E-state index in [1.807, 2.05) is 6.07 Å². The van der Waals surface area contributed by atoms with Crippen LogP contribution < -0.4 is 20.2 Å². The van der Waals surface area contributed by atoms with Gasteiger partial charge in [-0.1, -0.05) is 47.6 Å². The van der Waals surface area contributed by atoms with Crippen molar-refractivity contribution >= 4 is 0 Å².